The summed E-state index contributed by atoms with van der Waals surface area (Å²) in [5.41, 5.74) is 0.693. The maximum absolute atomic E-state index is 13.9. The number of fused-ring (bicyclic) bond motifs is 1. The zero-order chi connectivity index (χ0) is 21.6. The summed E-state index contributed by atoms with van der Waals surface area (Å²) in [5, 5.41) is 14.0. The van der Waals surface area contributed by atoms with Gasteiger partial charge in [0, 0.05) is 45.3 Å². The van der Waals surface area contributed by atoms with Crippen LogP contribution in [0.15, 0.2) is 12.3 Å². The lowest BCUT2D eigenvalue weighted by atomic mass is 9.83. The van der Waals surface area contributed by atoms with Gasteiger partial charge in [-0.1, -0.05) is 11.6 Å². The molecular weight excluding hydrogens is 439 g/mol. The summed E-state index contributed by atoms with van der Waals surface area (Å²) >= 11 is 7.78. The van der Waals surface area contributed by atoms with Crippen LogP contribution in [0.4, 0.5) is 21.2 Å². The fourth-order valence-electron chi connectivity index (χ4n) is 4.97. The number of aryl methyl sites for hydroxylation is 1. The molecule has 5 rings (SSSR count). The molecule has 0 amide bonds. The molecule has 164 valence electrons. The Bertz CT molecular complexity index is 1000. The fourth-order valence-corrected chi connectivity index (χ4v) is 5.84. The number of nitriles is 1. The predicted molar refractivity (Wildman–Crippen MR) is 119 cm³/mol. The molecule has 0 unspecified atom stereocenters. The number of nitrogens with one attached hydrogen (secondary N) is 1. The second kappa shape index (κ2) is 8.13. The summed E-state index contributed by atoms with van der Waals surface area (Å²) in [6, 6.07) is 4.55. The summed E-state index contributed by atoms with van der Waals surface area (Å²) in [5.74, 6) is 1.13. The van der Waals surface area contributed by atoms with Gasteiger partial charge in [0.15, 0.2) is 5.82 Å². The van der Waals surface area contributed by atoms with E-state index >= 15 is 0 Å². The van der Waals surface area contributed by atoms with E-state index in [4.69, 9.17) is 11.6 Å². The number of rotatable bonds is 5. The zero-order valence-electron chi connectivity index (χ0n) is 17.3. The standard InChI is InChI=1S/C20H24ClFN8S/c1-13-6-17(31-27-13)25-19-24-8-16(21)18(26-19)29-11-20(12-29,2-3-23)30-5-4-28-9-14(22)7-15(28)10-30/h6,8,14-15H,2,4-5,7,9-12H2,1H3,(H,24,25,26)/t14-,15+/m1/s1. The third kappa shape index (κ3) is 3.96. The van der Waals surface area contributed by atoms with Gasteiger partial charge in [-0.2, -0.15) is 14.6 Å². The quantitative estimate of drug-likeness (QED) is 0.726. The fraction of sp³-hybridized carbons (Fsp3) is 0.600. The summed E-state index contributed by atoms with van der Waals surface area (Å²) in [6.45, 7) is 6.34. The average molecular weight is 463 g/mol. The molecule has 0 radical (unpaired) electrons. The molecule has 11 heteroatoms. The average Bonchev–Trinajstić information content (AvgIpc) is 3.29. The van der Waals surface area contributed by atoms with E-state index in [1.54, 1.807) is 6.20 Å². The van der Waals surface area contributed by atoms with Gasteiger partial charge in [0.2, 0.25) is 5.95 Å². The number of aromatic nitrogens is 3. The van der Waals surface area contributed by atoms with Crippen LogP contribution in [-0.4, -0.2) is 81.2 Å². The van der Waals surface area contributed by atoms with Crippen LogP contribution in [0.3, 0.4) is 0 Å². The molecule has 31 heavy (non-hydrogen) atoms. The van der Waals surface area contributed by atoms with Crippen molar-refractivity contribution in [2.24, 2.45) is 0 Å². The number of alkyl halides is 1. The van der Waals surface area contributed by atoms with E-state index in [-0.39, 0.29) is 11.6 Å². The summed E-state index contributed by atoms with van der Waals surface area (Å²) < 4.78 is 18.1. The first kappa shape index (κ1) is 20.8. The Balaban J connectivity index is 1.30. The van der Waals surface area contributed by atoms with Crippen molar-refractivity contribution in [2.45, 2.75) is 37.5 Å². The molecule has 5 heterocycles. The molecule has 3 saturated heterocycles. The molecule has 0 bridgehead atoms. The number of hydrogen-bond donors (Lipinski definition) is 1. The number of anilines is 3. The SMILES string of the molecule is Cc1cc(Nc2ncc(Cl)c(N3CC(CC#N)(N4CCN5C[C@H](F)C[C@H]5C4)C3)n2)sn1. The lowest BCUT2D eigenvalue weighted by Gasteiger charge is -2.58. The van der Waals surface area contributed by atoms with Gasteiger partial charge >= 0.3 is 0 Å². The van der Waals surface area contributed by atoms with Crippen molar-refractivity contribution in [1.29, 1.82) is 5.26 Å². The Morgan fingerprint density at radius 1 is 1.39 bits per heavy atom. The Hall–Kier alpha value is -2.06. The van der Waals surface area contributed by atoms with E-state index in [0.29, 0.717) is 49.3 Å². The van der Waals surface area contributed by atoms with Crippen molar-refractivity contribution in [1.82, 2.24) is 24.1 Å². The summed E-state index contributed by atoms with van der Waals surface area (Å²) in [6.07, 6.45) is 1.89. The molecule has 8 nitrogen and oxygen atoms in total. The van der Waals surface area contributed by atoms with Crippen molar-refractivity contribution in [2.75, 3.05) is 49.5 Å². The van der Waals surface area contributed by atoms with Crippen LogP contribution in [0.5, 0.6) is 0 Å². The lowest BCUT2D eigenvalue weighted by Crippen LogP contribution is -2.73. The van der Waals surface area contributed by atoms with Crippen molar-refractivity contribution >= 4 is 39.9 Å². The highest BCUT2D eigenvalue weighted by atomic mass is 35.5. The van der Waals surface area contributed by atoms with Crippen LogP contribution < -0.4 is 10.2 Å². The maximum Gasteiger partial charge on any atom is 0.229 e. The van der Waals surface area contributed by atoms with E-state index in [2.05, 4.69) is 40.4 Å². The van der Waals surface area contributed by atoms with Crippen molar-refractivity contribution in [3.8, 4) is 6.07 Å². The molecule has 3 aliphatic rings. The monoisotopic (exact) mass is 462 g/mol. The van der Waals surface area contributed by atoms with Crippen LogP contribution >= 0.6 is 23.1 Å². The van der Waals surface area contributed by atoms with E-state index < -0.39 is 6.17 Å². The van der Waals surface area contributed by atoms with Crippen LogP contribution in [0, 0.1) is 18.3 Å². The highest BCUT2D eigenvalue weighted by Crippen LogP contribution is 2.39. The zero-order valence-corrected chi connectivity index (χ0v) is 18.8. The second-order valence-corrected chi connectivity index (χ2v) is 9.88. The molecule has 3 aliphatic heterocycles. The number of hydrogen-bond acceptors (Lipinski definition) is 9. The first-order valence-corrected chi connectivity index (χ1v) is 11.6. The molecular formula is C20H24ClFN8S. The predicted octanol–water partition coefficient (Wildman–Crippen LogP) is 2.84. The molecule has 1 N–H and O–H groups in total. The number of piperazine rings is 1. The lowest BCUT2D eigenvalue weighted by molar-refractivity contribution is -0.000580. The van der Waals surface area contributed by atoms with Crippen LogP contribution in [0.2, 0.25) is 5.02 Å². The van der Waals surface area contributed by atoms with Gasteiger partial charge in [0.1, 0.15) is 16.2 Å². The molecule has 2 aromatic heterocycles. The van der Waals surface area contributed by atoms with Crippen LogP contribution in [-0.2, 0) is 0 Å². The number of nitrogens with zero attached hydrogens (tertiary/aromatic N) is 7. The smallest absolute Gasteiger partial charge is 0.229 e. The van der Waals surface area contributed by atoms with E-state index in [1.165, 1.54) is 11.5 Å². The third-order valence-corrected chi connectivity index (χ3v) is 7.57. The van der Waals surface area contributed by atoms with Crippen LogP contribution in [0.1, 0.15) is 18.5 Å². The minimum absolute atomic E-state index is 0.244. The van der Waals surface area contributed by atoms with E-state index in [0.717, 1.165) is 30.3 Å². The topological polar surface area (TPSA) is 84.2 Å². The van der Waals surface area contributed by atoms with Gasteiger partial charge in [0.05, 0.1) is 29.9 Å². The van der Waals surface area contributed by atoms with Gasteiger partial charge in [-0.15, -0.1) is 0 Å². The first-order chi connectivity index (χ1) is 15.0. The Kier molecular flexibility index (Phi) is 5.46. The largest absolute Gasteiger partial charge is 0.351 e. The highest BCUT2D eigenvalue weighted by Gasteiger charge is 2.51. The van der Waals surface area contributed by atoms with E-state index in [9.17, 15) is 9.65 Å². The Labute approximate surface area is 189 Å². The van der Waals surface area contributed by atoms with Gasteiger partial charge < -0.3 is 10.2 Å². The van der Waals surface area contributed by atoms with Gasteiger partial charge in [-0.05, 0) is 30.9 Å². The first-order valence-electron chi connectivity index (χ1n) is 10.4. The Morgan fingerprint density at radius 2 is 2.23 bits per heavy atom. The Morgan fingerprint density at radius 3 is 2.97 bits per heavy atom. The minimum atomic E-state index is -0.733. The summed E-state index contributed by atoms with van der Waals surface area (Å²) in [4.78, 5) is 15.6. The summed E-state index contributed by atoms with van der Waals surface area (Å²) in [7, 11) is 0. The van der Waals surface area contributed by atoms with E-state index in [1.807, 2.05) is 13.0 Å². The molecule has 2 atom stereocenters. The highest BCUT2D eigenvalue weighted by molar-refractivity contribution is 7.10. The minimum Gasteiger partial charge on any atom is -0.351 e. The molecule has 3 fully saturated rings. The van der Waals surface area contributed by atoms with Gasteiger partial charge in [-0.3, -0.25) is 9.80 Å². The normalized spacial score (nSPS) is 25.7. The maximum atomic E-state index is 13.9. The van der Waals surface area contributed by atoms with Gasteiger partial charge in [-0.25, -0.2) is 9.37 Å². The number of halogens is 2. The molecule has 0 aliphatic carbocycles. The second-order valence-electron chi connectivity index (χ2n) is 8.67. The molecule has 0 spiro atoms. The van der Waals surface area contributed by atoms with Crippen molar-refractivity contribution < 1.29 is 4.39 Å². The van der Waals surface area contributed by atoms with Gasteiger partial charge in [0.25, 0.3) is 0 Å². The molecule has 0 aromatic carbocycles. The van der Waals surface area contributed by atoms with Crippen molar-refractivity contribution in [3.63, 3.8) is 0 Å². The molecule has 2 aromatic rings. The van der Waals surface area contributed by atoms with Crippen molar-refractivity contribution in [3.05, 3.63) is 23.0 Å². The third-order valence-electron chi connectivity index (χ3n) is 6.50. The molecule has 0 saturated carbocycles. The van der Waals surface area contributed by atoms with Crippen LogP contribution in [0.25, 0.3) is 0 Å².